The molecule has 2 heterocycles. The quantitative estimate of drug-likeness (QED) is 0.358. The highest BCUT2D eigenvalue weighted by atomic mass is 31.2. The van der Waals surface area contributed by atoms with E-state index in [9.17, 15) is 0 Å². The maximum Gasteiger partial charge on any atom is 0.321 e. The van der Waals surface area contributed by atoms with Gasteiger partial charge in [-0.05, 0) is 55.4 Å². The summed E-state index contributed by atoms with van der Waals surface area (Å²) in [4.78, 5) is 0. The van der Waals surface area contributed by atoms with E-state index in [1.165, 1.54) is 0 Å². The predicted molar refractivity (Wildman–Crippen MR) is 141 cm³/mol. The summed E-state index contributed by atoms with van der Waals surface area (Å²) in [6.45, 7) is 18.6. The van der Waals surface area contributed by atoms with Crippen LogP contribution in [0.25, 0.3) is 11.1 Å². The molecule has 0 spiro atoms. The van der Waals surface area contributed by atoms with E-state index in [1.807, 2.05) is 0 Å². The lowest BCUT2D eigenvalue weighted by molar-refractivity contribution is 0.194. The van der Waals surface area contributed by atoms with Gasteiger partial charge in [0.15, 0.2) is 0 Å². The van der Waals surface area contributed by atoms with Gasteiger partial charge in [0.05, 0.1) is 13.2 Å². The van der Waals surface area contributed by atoms with Crippen molar-refractivity contribution in [2.75, 3.05) is 0 Å². The average Bonchev–Trinajstić information content (AvgIpc) is 2.77. The Morgan fingerprint density at radius 1 is 0.588 bits per heavy atom. The fourth-order valence-electron chi connectivity index (χ4n) is 4.67. The van der Waals surface area contributed by atoms with Crippen molar-refractivity contribution in [1.82, 2.24) is 9.34 Å². The van der Waals surface area contributed by atoms with Crippen molar-refractivity contribution < 1.29 is 18.1 Å². The second kappa shape index (κ2) is 10.8. The summed E-state index contributed by atoms with van der Waals surface area (Å²) >= 11 is 0. The Morgan fingerprint density at radius 3 is 1.26 bits per heavy atom. The number of nitrogens with zero attached hydrogens (tertiary/aromatic N) is 2. The number of hydrogen-bond donors (Lipinski definition) is 0. The number of rotatable bonds is 7. The normalized spacial score (nSPS) is 20.2. The molecular weight excluding hydrogens is 466 g/mol. The zero-order chi connectivity index (χ0) is 24.6. The van der Waals surface area contributed by atoms with Gasteiger partial charge in [0.1, 0.15) is 11.5 Å². The molecule has 0 radical (unpaired) electrons. The minimum atomic E-state index is -1.19. The van der Waals surface area contributed by atoms with Gasteiger partial charge in [0.25, 0.3) is 0 Å². The molecule has 34 heavy (non-hydrogen) atoms. The highest BCUT2D eigenvalue weighted by molar-refractivity contribution is 7.45. The average molecular weight is 505 g/mol. The first-order valence-electron chi connectivity index (χ1n) is 12.2. The van der Waals surface area contributed by atoms with E-state index in [4.69, 9.17) is 18.1 Å². The van der Waals surface area contributed by atoms with Gasteiger partial charge in [-0.3, -0.25) is 0 Å². The van der Waals surface area contributed by atoms with Gasteiger partial charge < -0.3 is 18.1 Å². The molecule has 0 aliphatic carbocycles. The minimum absolute atomic E-state index is 0.325. The van der Waals surface area contributed by atoms with Gasteiger partial charge >= 0.3 is 17.1 Å². The summed E-state index contributed by atoms with van der Waals surface area (Å²) in [6, 6.07) is 13.9. The van der Waals surface area contributed by atoms with E-state index in [2.05, 4.69) is 101 Å². The Balaban J connectivity index is 1.72. The van der Waals surface area contributed by atoms with Gasteiger partial charge in [0, 0.05) is 46.4 Å². The van der Waals surface area contributed by atoms with E-state index in [-0.39, 0.29) is 0 Å². The zero-order valence-corrected chi connectivity index (χ0v) is 23.4. The van der Waals surface area contributed by atoms with E-state index in [0.717, 1.165) is 33.8 Å². The van der Waals surface area contributed by atoms with Gasteiger partial charge in [-0.1, -0.05) is 36.4 Å². The molecule has 2 aromatic rings. The second-order valence-corrected chi connectivity index (χ2v) is 12.7. The molecule has 4 rings (SSSR count). The van der Waals surface area contributed by atoms with Crippen LogP contribution >= 0.6 is 17.1 Å². The molecule has 0 N–H and O–H groups in total. The van der Waals surface area contributed by atoms with Crippen LogP contribution in [0.3, 0.4) is 0 Å². The third kappa shape index (κ3) is 5.14. The molecule has 0 saturated carbocycles. The van der Waals surface area contributed by atoms with E-state index in [1.54, 1.807) is 0 Å². The summed E-state index contributed by atoms with van der Waals surface area (Å²) < 4.78 is 30.3. The largest absolute Gasteiger partial charge is 0.435 e. The molecule has 0 saturated heterocycles. The monoisotopic (exact) mass is 504 g/mol. The minimum Gasteiger partial charge on any atom is -0.435 e. The van der Waals surface area contributed by atoms with Crippen LogP contribution in [0.2, 0.25) is 0 Å². The maximum atomic E-state index is 6.62. The third-order valence-electron chi connectivity index (χ3n) is 5.98. The SMILES string of the molecule is CC(C)N(C(C)C)P1OCc2cccc(-c3cccc4c3OP(N(C(C)C)C(C)C)OC4)c2O1. The third-order valence-corrected chi connectivity index (χ3v) is 9.96. The molecule has 2 atom stereocenters. The van der Waals surface area contributed by atoms with Crippen molar-refractivity contribution in [3.05, 3.63) is 47.5 Å². The molecule has 2 aliphatic heterocycles. The molecule has 6 nitrogen and oxygen atoms in total. The standard InChI is InChI=1S/C26H38N2O4P2/c1-17(2)27(18(3)4)33-29-15-21-11-9-13-23(25(21)31-33)24-14-10-12-22-16-30-34(32-26(22)24)28(19(5)6)20(7)8/h9-14,17-20H,15-16H2,1-8H3. The molecular formula is C26H38N2O4P2. The van der Waals surface area contributed by atoms with Crippen LogP contribution in [-0.2, 0) is 22.3 Å². The van der Waals surface area contributed by atoms with Crippen molar-refractivity contribution in [3.8, 4) is 22.6 Å². The predicted octanol–water partition coefficient (Wildman–Crippen LogP) is 7.86. The molecule has 0 bridgehead atoms. The van der Waals surface area contributed by atoms with E-state index >= 15 is 0 Å². The van der Waals surface area contributed by atoms with Gasteiger partial charge in [-0.2, -0.15) is 0 Å². The van der Waals surface area contributed by atoms with Crippen molar-refractivity contribution in [2.24, 2.45) is 0 Å². The first-order valence-corrected chi connectivity index (χ1v) is 14.5. The fourth-order valence-corrected chi connectivity index (χ4v) is 7.98. The summed E-state index contributed by atoms with van der Waals surface area (Å²) in [6.07, 6.45) is 0. The van der Waals surface area contributed by atoms with Crippen molar-refractivity contribution in [2.45, 2.75) is 92.8 Å². The van der Waals surface area contributed by atoms with Crippen LogP contribution in [0.15, 0.2) is 36.4 Å². The smallest absolute Gasteiger partial charge is 0.321 e. The number of hydrogen-bond acceptors (Lipinski definition) is 6. The van der Waals surface area contributed by atoms with Crippen LogP contribution in [0.1, 0.15) is 66.5 Å². The first kappa shape index (κ1) is 25.8. The van der Waals surface area contributed by atoms with Crippen molar-refractivity contribution >= 4 is 17.1 Å². The van der Waals surface area contributed by atoms with Crippen LogP contribution in [-0.4, -0.2) is 33.5 Å². The lowest BCUT2D eigenvalue weighted by Crippen LogP contribution is -2.35. The highest BCUT2D eigenvalue weighted by Crippen LogP contribution is 2.57. The van der Waals surface area contributed by atoms with Gasteiger partial charge in [-0.15, -0.1) is 0 Å². The Bertz CT molecular complexity index is 903. The summed E-state index contributed by atoms with van der Waals surface area (Å²) in [5.41, 5.74) is 4.24. The van der Waals surface area contributed by atoms with Crippen LogP contribution in [0, 0.1) is 0 Å². The molecule has 0 fully saturated rings. The topological polar surface area (TPSA) is 43.4 Å². The van der Waals surface area contributed by atoms with Crippen LogP contribution in [0.4, 0.5) is 0 Å². The van der Waals surface area contributed by atoms with Crippen LogP contribution < -0.4 is 9.05 Å². The lowest BCUT2D eigenvalue weighted by atomic mass is 9.98. The van der Waals surface area contributed by atoms with Crippen molar-refractivity contribution in [3.63, 3.8) is 0 Å². The molecule has 186 valence electrons. The number of fused-ring (bicyclic) bond motifs is 2. The molecule has 2 aliphatic rings. The van der Waals surface area contributed by atoms with E-state index in [0.29, 0.717) is 37.4 Å². The zero-order valence-electron chi connectivity index (χ0n) is 21.6. The molecule has 8 heteroatoms. The Labute approximate surface area is 207 Å². The lowest BCUT2D eigenvalue weighted by Gasteiger charge is -2.39. The molecule has 0 aromatic heterocycles. The van der Waals surface area contributed by atoms with Crippen molar-refractivity contribution in [1.29, 1.82) is 0 Å². The summed E-state index contributed by atoms with van der Waals surface area (Å²) in [7, 11) is -2.38. The number of para-hydroxylation sites is 2. The van der Waals surface area contributed by atoms with E-state index < -0.39 is 17.1 Å². The maximum absolute atomic E-state index is 6.62. The summed E-state index contributed by atoms with van der Waals surface area (Å²) in [5, 5.41) is 0. The van der Waals surface area contributed by atoms with Crippen LogP contribution in [0.5, 0.6) is 11.5 Å². The fraction of sp³-hybridized carbons (Fsp3) is 0.538. The molecule has 0 amide bonds. The Hall–Kier alpha value is -1.26. The van der Waals surface area contributed by atoms with Gasteiger partial charge in [-0.25, -0.2) is 9.34 Å². The number of benzene rings is 2. The molecule has 2 unspecified atom stereocenters. The Kier molecular flexibility index (Phi) is 8.19. The first-order chi connectivity index (χ1) is 16.2. The Morgan fingerprint density at radius 2 is 0.941 bits per heavy atom. The molecule has 2 aromatic carbocycles. The highest BCUT2D eigenvalue weighted by Gasteiger charge is 2.36. The second-order valence-electron chi connectivity index (χ2n) is 9.93. The summed E-state index contributed by atoms with van der Waals surface area (Å²) in [5.74, 6) is 1.81. The van der Waals surface area contributed by atoms with Gasteiger partial charge in [0.2, 0.25) is 0 Å².